The van der Waals surface area contributed by atoms with Crippen LogP contribution in [0.2, 0.25) is 0 Å². The van der Waals surface area contributed by atoms with E-state index in [1.165, 1.54) is 19.1 Å². The molecule has 0 radical (unpaired) electrons. The molecule has 0 bridgehead atoms. The van der Waals surface area contributed by atoms with Gasteiger partial charge in [-0.15, -0.1) is 0 Å². The van der Waals surface area contributed by atoms with Crippen molar-refractivity contribution in [2.24, 2.45) is 0 Å². The average molecular weight is 304 g/mol. The first-order valence-corrected chi connectivity index (χ1v) is 6.07. The zero-order chi connectivity index (χ0) is 16.0. The number of aliphatic carboxylic acids is 1. The van der Waals surface area contributed by atoms with Crippen LogP contribution in [-0.4, -0.2) is 29.6 Å². The lowest BCUT2D eigenvalue weighted by atomic mass is 10.1. The third kappa shape index (κ3) is 5.82. The van der Waals surface area contributed by atoms with Gasteiger partial charge in [0.15, 0.2) is 0 Å². The molecule has 0 aliphatic heterocycles. The number of carbonyl (C=O) groups is 2. The molecule has 0 fully saturated rings. The second-order valence-corrected chi connectivity index (χ2v) is 4.42. The predicted octanol–water partition coefficient (Wildman–Crippen LogP) is 1.38. The number of benzene rings is 1. The number of hydrogen-bond acceptors (Lipinski definition) is 3. The Kier molecular flexibility index (Phi) is 5.71. The Morgan fingerprint density at radius 1 is 1.33 bits per heavy atom. The highest BCUT2D eigenvalue weighted by Crippen LogP contribution is 2.29. The molecule has 1 atom stereocenters. The summed E-state index contributed by atoms with van der Waals surface area (Å²) in [6, 6.07) is 3.59. The van der Waals surface area contributed by atoms with Gasteiger partial charge in [-0.2, -0.15) is 13.2 Å². The standard InChI is InChI=1S/C13H15F3N2O3/c1-8(19)18-11(12(20)21)7-17-6-9-3-2-4-10(5-9)13(14,15)16/h2-5,11,17H,6-7H2,1H3,(H,18,19)(H,20,21). The van der Waals surface area contributed by atoms with Gasteiger partial charge in [0.05, 0.1) is 5.56 Å². The number of hydrogen-bond donors (Lipinski definition) is 3. The van der Waals surface area contributed by atoms with E-state index >= 15 is 0 Å². The average Bonchev–Trinajstić information content (AvgIpc) is 2.36. The topological polar surface area (TPSA) is 78.4 Å². The van der Waals surface area contributed by atoms with E-state index in [0.717, 1.165) is 12.1 Å². The molecule has 116 valence electrons. The Balaban J connectivity index is 2.59. The van der Waals surface area contributed by atoms with Crippen LogP contribution in [0.1, 0.15) is 18.1 Å². The van der Waals surface area contributed by atoms with Gasteiger partial charge in [-0.3, -0.25) is 4.79 Å². The monoisotopic (exact) mass is 304 g/mol. The molecule has 0 aromatic heterocycles. The van der Waals surface area contributed by atoms with Crippen molar-refractivity contribution < 1.29 is 27.9 Å². The van der Waals surface area contributed by atoms with Crippen molar-refractivity contribution >= 4 is 11.9 Å². The van der Waals surface area contributed by atoms with E-state index in [4.69, 9.17) is 5.11 Å². The van der Waals surface area contributed by atoms with Gasteiger partial charge in [-0.25, -0.2) is 4.79 Å². The summed E-state index contributed by atoms with van der Waals surface area (Å²) in [5.41, 5.74) is -0.393. The van der Waals surface area contributed by atoms with Crippen molar-refractivity contribution in [2.45, 2.75) is 25.7 Å². The number of halogens is 3. The summed E-state index contributed by atoms with van der Waals surface area (Å²) < 4.78 is 37.6. The van der Waals surface area contributed by atoms with E-state index in [1.807, 2.05) is 0 Å². The highest BCUT2D eigenvalue weighted by atomic mass is 19.4. The molecule has 0 aliphatic rings. The van der Waals surface area contributed by atoms with E-state index in [1.54, 1.807) is 0 Å². The molecular formula is C13H15F3N2O3. The van der Waals surface area contributed by atoms with Gasteiger partial charge in [0.25, 0.3) is 0 Å². The first-order valence-electron chi connectivity index (χ1n) is 6.07. The van der Waals surface area contributed by atoms with Crippen LogP contribution in [0.3, 0.4) is 0 Å². The minimum Gasteiger partial charge on any atom is -0.480 e. The SMILES string of the molecule is CC(=O)NC(CNCc1cccc(C(F)(F)F)c1)C(=O)O. The van der Waals surface area contributed by atoms with Gasteiger partial charge in [0.1, 0.15) is 6.04 Å². The van der Waals surface area contributed by atoms with E-state index in [0.29, 0.717) is 5.56 Å². The summed E-state index contributed by atoms with van der Waals surface area (Å²) in [6.07, 6.45) is -4.42. The zero-order valence-electron chi connectivity index (χ0n) is 11.2. The number of alkyl halides is 3. The molecule has 0 spiro atoms. The summed E-state index contributed by atoms with van der Waals surface area (Å²) in [7, 11) is 0. The quantitative estimate of drug-likeness (QED) is 0.742. The Morgan fingerprint density at radius 3 is 2.52 bits per heavy atom. The molecule has 1 aromatic carbocycles. The van der Waals surface area contributed by atoms with Gasteiger partial charge in [0.2, 0.25) is 5.91 Å². The molecule has 8 heteroatoms. The minimum atomic E-state index is -4.42. The van der Waals surface area contributed by atoms with Crippen LogP contribution in [0.15, 0.2) is 24.3 Å². The van der Waals surface area contributed by atoms with Crippen molar-refractivity contribution in [3.8, 4) is 0 Å². The lowest BCUT2D eigenvalue weighted by Gasteiger charge is -2.14. The number of carbonyl (C=O) groups excluding carboxylic acids is 1. The summed E-state index contributed by atoms with van der Waals surface area (Å²) in [5.74, 6) is -1.72. The van der Waals surface area contributed by atoms with Crippen molar-refractivity contribution in [3.63, 3.8) is 0 Å². The van der Waals surface area contributed by atoms with Crippen LogP contribution in [0, 0.1) is 0 Å². The number of rotatable bonds is 6. The second kappa shape index (κ2) is 7.07. The first-order chi connectivity index (χ1) is 9.70. The van der Waals surface area contributed by atoms with Crippen molar-refractivity contribution in [1.29, 1.82) is 0 Å². The molecule has 3 N–H and O–H groups in total. The third-order valence-electron chi connectivity index (χ3n) is 2.61. The fourth-order valence-electron chi connectivity index (χ4n) is 1.66. The van der Waals surface area contributed by atoms with Crippen LogP contribution >= 0.6 is 0 Å². The Hall–Kier alpha value is -2.09. The molecule has 1 aromatic rings. The van der Waals surface area contributed by atoms with E-state index in [9.17, 15) is 22.8 Å². The van der Waals surface area contributed by atoms with Crippen molar-refractivity contribution in [3.05, 3.63) is 35.4 Å². The number of nitrogens with one attached hydrogen (secondary N) is 2. The Morgan fingerprint density at radius 2 is 2.00 bits per heavy atom. The van der Waals surface area contributed by atoms with E-state index in [-0.39, 0.29) is 13.1 Å². The Bertz CT molecular complexity index is 518. The zero-order valence-corrected chi connectivity index (χ0v) is 11.2. The van der Waals surface area contributed by atoms with Gasteiger partial charge in [-0.1, -0.05) is 18.2 Å². The molecule has 1 amide bonds. The molecule has 1 unspecified atom stereocenters. The molecule has 0 saturated heterocycles. The van der Waals surface area contributed by atoms with Gasteiger partial charge >= 0.3 is 12.1 Å². The van der Waals surface area contributed by atoms with Crippen molar-refractivity contribution in [1.82, 2.24) is 10.6 Å². The van der Waals surface area contributed by atoms with Gasteiger partial charge in [-0.05, 0) is 11.6 Å². The second-order valence-electron chi connectivity index (χ2n) is 4.42. The van der Waals surface area contributed by atoms with Crippen LogP contribution in [0.25, 0.3) is 0 Å². The molecule has 0 saturated carbocycles. The fraction of sp³-hybridized carbons (Fsp3) is 0.385. The maximum absolute atomic E-state index is 12.5. The fourth-order valence-corrected chi connectivity index (χ4v) is 1.66. The molecule has 5 nitrogen and oxygen atoms in total. The summed E-state index contributed by atoms with van der Waals surface area (Å²) >= 11 is 0. The van der Waals surface area contributed by atoms with Crippen LogP contribution in [-0.2, 0) is 22.3 Å². The largest absolute Gasteiger partial charge is 0.480 e. The lowest BCUT2D eigenvalue weighted by molar-refractivity contribution is -0.141. The maximum Gasteiger partial charge on any atom is 0.416 e. The Labute approximate surface area is 119 Å². The molecule has 21 heavy (non-hydrogen) atoms. The normalized spacial score (nSPS) is 12.8. The minimum absolute atomic E-state index is 0.0628. The number of carboxylic acids is 1. The highest BCUT2D eigenvalue weighted by molar-refractivity contribution is 5.82. The van der Waals surface area contributed by atoms with E-state index in [2.05, 4.69) is 10.6 Å². The van der Waals surface area contributed by atoms with Gasteiger partial charge in [0, 0.05) is 20.0 Å². The van der Waals surface area contributed by atoms with Crippen LogP contribution in [0.5, 0.6) is 0 Å². The molecular weight excluding hydrogens is 289 g/mol. The van der Waals surface area contributed by atoms with Crippen LogP contribution < -0.4 is 10.6 Å². The van der Waals surface area contributed by atoms with Gasteiger partial charge < -0.3 is 15.7 Å². The smallest absolute Gasteiger partial charge is 0.416 e. The summed E-state index contributed by atoms with van der Waals surface area (Å²) in [5, 5.41) is 13.8. The lowest BCUT2D eigenvalue weighted by Crippen LogP contribution is -2.46. The molecule has 0 aliphatic carbocycles. The maximum atomic E-state index is 12.5. The third-order valence-corrected chi connectivity index (χ3v) is 2.61. The van der Waals surface area contributed by atoms with Crippen molar-refractivity contribution in [2.75, 3.05) is 6.54 Å². The number of carboxylic acid groups (broad SMARTS) is 1. The summed E-state index contributed by atoms with van der Waals surface area (Å²) in [4.78, 5) is 21.7. The first kappa shape index (κ1) is 17.0. The number of amides is 1. The van der Waals surface area contributed by atoms with E-state index < -0.39 is 29.7 Å². The van der Waals surface area contributed by atoms with Crippen LogP contribution in [0.4, 0.5) is 13.2 Å². The molecule has 1 rings (SSSR count). The highest BCUT2D eigenvalue weighted by Gasteiger charge is 2.30. The summed E-state index contributed by atoms with van der Waals surface area (Å²) in [6.45, 7) is 1.15. The predicted molar refractivity (Wildman–Crippen MR) is 68.4 cm³/mol. The molecule has 0 heterocycles.